The highest BCUT2D eigenvalue weighted by atomic mass is 32.2. The maximum Gasteiger partial charge on any atom is 0.254 e. The molecule has 0 radical (unpaired) electrons. The standard InChI is InChI=1S/C14H22N4OS/c1-9(2)12-6-11(7-13(16-12)17-15)14(19)18-4-5-20-10(3)8-18/h6-7,9-10H,4-5,8,15H2,1-3H3,(H,16,17). The molecule has 1 aliphatic heterocycles. The lowest BCUT2D eigenvalue weighted by Crippen LogP contribution is -2.41. The van der Waals surface area contributed by atoms with Crippen LogP contribution >= 0.6 is 11.8 Å². The van der Waals surface area contributed by atoms with Crippen LogP contribution in [0.15, 0.2) is 12.1 Å². The first-order valence-electron chi connectivity index (χ1n) is 6.90. The summed E-state index contributed by atoms with van der Waals surface area (Å²) in [5, 5.41) is 0.492. The van der Waals surface area contributed by atoms with Gasteiger partial charge in [0.05, 0.1) is 0 Å². The van der Waals surface area contributed by atoms with Crippen molar-refractivity contribution in [2.24, 2.45) is 5.84 Å². The van der Waals surface area contributed by atoms with Crippen LogP contribution in [0.5, 0.6) is 0 Å². The van der Waals surface area contributed by atoms with Crippen LogP contribution < -0.4 is 11.3 Å². The minimum Gasteiger partial charge on any atom is -0.337 e. The van der Waals surface area contributed by atoms with E-state index in [0.29, 0.717) is 16.6 Å². The average molecular weight is 294 g/mol. The van der Waals surface area contributed by atoms with Crippen LogP contribution in [0.1, 0.15) is 42.7 Å². The Bertz CT molecular complexity index is 492. The molecule has 0 aliphatic carbocycles. The Hall–Kier alpha value is -1.27. The summed E-state index contributed by atoms with van der Waals surface area (Å²) in [6.07, 6.45) is 0. The van der Waals surface area contributed by atoms with Crippen molar-refractivity contribution in [1.82, 2.24) is 9.88 Å². The highest BCUT2D eigenvalue weighted by Gasteiger charge is 2.23. The fourth-order valence-corrected chi connectivity index (χ4v) is 3.24. The average Bonchev–Trinajstić information content (AvgIpc) is 2.45. The first-order chi connectivity index (χ1) is 9.51. The van der Waals surface area contributed by atoms with E-state index < -0.39 is 0 Å². The number of nitrogens with one attached hydrogen (secondary N) is 1. The van der Waals surface area contributed by atoms with Gasteiger partial charge in [0, 0.05) is 35.3 Å². The Morgan fingerprint density at radius 2 is 2.30 bits per heavy atom. The molecule has 2 heterocycles. The van der Waals surface area contributed by atoms with Gasteiger partial charge in [-0.05, 0) is 18.1 Å². The van der Waals surface area contributed by atoms with E-state index in [9.17, 15) is 4.79 Å². The molecule has 110 valence electrons. The number of rotatable bonds is 3. The summed E-state index contributed by atoms with van der Waals surface area (Å²) in [4.78, 5) is 18.9. The van der Waals surface area contributed by atoms with E-state index in [1.807, 2.05) is 22.7 Å². The number of nitrogens with two attached hydrogens (primary N) is 1. The Kier molecular flexibility index (Phi) is 4.88. The SMILES string of the molecule is CC1CN(C(=O)c2cc(NN)nc(C(C)C)c2)CCS1. The van der Waals surface area contributed by atoms with Gasteiger partial charge in [-0.1, -0.05) is 20.8 Å². The van der Waals surface area contributed by atoms with Gasteiger partial charge in [0.25, 0.3) is 5.91 Å². The third-order valence-corrected chi connectivity index (χ3v) is 4.50. The lowest BCUT2D eigenvalue weighted by molar-refractivity contribution is 0.0763. The van der Waals surface area contributed by atoms with Gasteiger partial charge in [-0.2, -0.15) is 11.8 Å². The Morgan fingerprint density at radius 3 is 2.90 bits per heavy atom. The van der Waals surface area contributed by atoms with E-state index in [1.165, 1.54) is 0 Å². The van der Waals surface area contributed by atoms with Crippen LogP contribution in [0.4, 0.5) is 5.82 Å². The summed E-state index contributed by atoms with van der Waals surface area (Å²) >= 11 is 1.91. The molecule has 3 N–H and O–H groups in total. The second kappa shape index (κ2) is 6.45. The predicted molar refractivity (Wildman–Crippen MR) is 84.0 cm³/mol. The minimum absolute atomic E-state index is 0.0675. The highest BCUT2D eigenvalue weighted by Crippen LogP contribution is 2.22. The molecule has 0 aromatic carbocycles. The first-order valence-corrected chi connectivity index (χ1v) is 7.95. The summed E-state index contributed by atoms with van der Waals surface area (Å²) in [5.74, 6) is 7.31. The van der Waals surface area contributed by atoms with Gasteiger partial charge in [0.15, 0.2) is 0 Å². The van der Waals surface area contributed by atoms with Crippen molar-refractivity contribution < 1.29 is 4.79 Å². The highest BCUT2D eigenvalue weighted by molar-refractivity contribution is 7.99. The van der Waals surface area contributed by atoms with Gasteiger partial charge < -0.3 is 10.3 Å². The van der Waals surface area contributed by atoms with Gasteiger partial charge in [0.2, 0.25) is 0 Å². The molecule has 6 heteroatoms. The van der Waals surface area contributed by atoms with Crippen molar-refractivity contribution in [2.75, 3.05) is 24.3 Å². The van der Waals surface area contributed by atoms with Crippen molar-refractivity contribution in [3.05, 3.63) is 23.4 Å². The van der Waals surface area contributed by atoms with Crippen molar-refractivity contribution in [3.8, 4) is 0 Å². The quantitative estimate of drug-likeness (QED) is 0.659. The molecule has 1 aliphatic rings. The minimum atomic E-state index is 0.0675. The van der Waals surface area contributed by atoms with E-state index >= 15 is 0 Å². The lowest BCUT2D eigenvalue weighted by Gasteiger charge is -2.30. The second-order valence-corrected chi connectivity index (χ2v) is 6.94. The fourth-order valence-electron chi connectivity index (χ4n) is 2.23. The number of carbonyl (C=O) groups is 1. The normalized spacial score (nSPS) is 19.2. The molecule has 2 rings (SSSR count). The number of aromatic nitrogens is 1. The summed E-state index contributed by atoms with van der Waals surface area (Å²) in [6.45, 7) is 7.86. The molecule has 1 unspecified atom stereocenters. The summed E-state index contributed by atoms with van der Waals surface area (Å²) in [7, 11) is 0. The number of nitrogen functional groups attached to an aromatic ring is 1. The monoisotopic (exact) mass is 294 g/mol. The zero-order valence-corrected chi connectivity index (χ0v) is 13.0. The van der Waals surface area contributed by atoms with Crippen LogP contribution in [-0.4, -0.2) is 39.9 Å². The van der Waals surface area contributed by atoms with E-state index in [2.05, 4.69) is 31.2 Å². The molecule has 0 spiro atoms. The third kappa shape index (κ3) is 3.43. The number of pyridine rings is 1. The molecule has 0 bridgehead atoms. The number of thioether (sulfide) groups is 1. The molecular formula is C14H22N4OS. The van der Waals surface area contributed by atoms with Gasteiger partial charge in [0.1, 0.15) is 5.82 Å². The number of anilines is 1. The van der Waals surface area contributed by atoms with Crippen LogP contribution in [0, 0.1) is 0 Å². The lowest BCUT2D eigenvalue weighted by atomic mass is 10.1. The van der Waals surface area contributed by atoms with Gasteiger partial charge in [-0.25, -0.2) is 10.8 Å². The molecule has 1 aromatic rings. The fraction of sp³-hybridized carbons (Fsp3) is 0.571. The van der Waals surface area contributed by atoms with E-state index in [4.69, 9.17) is 5.84 Å². The number of hydrazine groups is 1. The number of carbonyl (C=O) groups excluding carboxylic acids is 1. The Morgan fingerprint density at radius 1 is 1.55 bits per heavy atom. The van der Waals surface area contributed by atoms with Crippen molar-refractivity contribution in [1.29, 1.82) is 0 Å². The topological polar surface area (TPSA) is 71.2 Å². The van der Waals surface area contributed by atoms with E-state index in [-0.39, 0.29) is 11.8 Å². The van der Waals surface area contributed by atoms with Crippen LogP contribution in [0.25, 0.3) is 0 Å². The molecule has 1 saturated heterocycles. The Labute approximate surface area is 124 Å². The Balaban J connectivity index is 2.26. The van der Waals surface area contributed by atoms with Crippen LogP contribution in [-0.2, 0) is 0 Å². The number of hydrogen-bond acceptors (Lipinski definition) is 5. The largest absolute Gasteiger partial charge is 0.337 e. The third-order valence-electron chi connectivity index (χ3n) is 3.36. The smallest absolute Gasteiger partial charge is 0.254 e. The van der Waals surface area contributed by atoms with E-state index in [1.54, 1.807) is 6.07 Å². The van der Waals surface area contributed by atoms with Crippen molar-refractivity contribution in [3.63, 3.8) is 0 Å². The zero-order valence-electron chi connectivity index (χ0n) is 12.2. The molecule has 20 heavy (non-hydrogen) atoms. The van der Waals surface area contributed by atoms with Crippen molar-refractivity contribution >= 4 is 23.5 Å². The number of hydrogen-bond donors (Lipinski definition) is 2. The van der Waals surface area contributed by atoms with Crippen LogP contribution in [0.3, 0.4) is 0 Å². The molecule has 1 amide bonds. The first kappa shape index (κ1) is 15.1. The zero-order chi connectivity index (χ0) is 14.7. The van der Waals surface area contributed by atoms with Gasteiger partial charge in [-0.15, -0.1) is 0 Å². The molecule has 1 atom stereocenters. The maximum atomic E-state index is 12.6. The maximum absolute atomic E-state index is 12.6. The van der Waals surface area contributed by atoms with Gasteiger partial charge >= 0.3 is 0 Å². The molecule has 1 fully saturated rings. The molecule has 5 nitrogen and oxygen atoms in total. The predicted octanol–water partition coefficient (Wildman–Crippen LogP) is 2.07. The summed E-state index contributed by atoms with van der Waals surface area (Å²) < 4.78 is 0. The van der Waals surface area contributed by atoms with Gasteiger partial charge in [-0.3, -0.25) is 4.79 Å². The molecular weight excluding hydrogens is 272 g/mol. The van der Waals surface area contributed by atoms with Crippen LogP contribution in [0.2, 0.25) is 0 Å². The van der Waals surface area contributed by atoms with E-state index in [0.717, 1.165) is 24.5 Å². The number of nitrogens with zero attached hydrogens (tertiary/aromatic N) is 2. The summed E-state index contributed by atoms with van der Waals surface area (Å²) in [6, 6.07) is 3.60. The molecule has 0 saturated carbocycles. The number of amides is 1. The molecule has 1 aromatic heterocycles. The summed E-state index contributed by atoms with van der Waals surface area (Å²) in [5.41, 5.74) is 4.08. The second-order valence-electron chi connectivity index (χ2n) is 5.40. The van der Waals surface area contributed by atoms with Crippen molar-refractivity contribution in [2.45, 2.75) is 31.9 Å².